The van der Waals surface area contributed by atoms with Gasteiger partial charge in [0.15, 0.2) is 0 Å². The Kier molecular flexibility index (Phi) is 5.93. The summed E-state index contributed by atoms with van der Waals surface area (Å²) in [6, 6.07) is 16.3. The van der Waals surface area contributed by atoms with E-state index in [0.29, 0.717) is 25.1 Å². The number of para-hydroxylation sites is 1. The number of nitrogens with one attached hydrogen (secondary N) is 1. The minimum atomic E-state index is -4.60. The number of hydrogen-bond acceptors (Lipinski definition) is 5. The summed E-state index contributed by atoms with van der Waals surface area (Å²) in [7, 11) is 0. The van der Waals surface area contributed by atoms with Crippen LogP contribution in [-0.2, 0) is 12.6 Å². The van der Waals surface area contributed by atoms with Crippen molar-refractivity contribution >= 4 is 11.5 Å². The van der Waals surface area contributed by atoms with Crippen LogP contribution in [0, 0.1) is 22.7 Å². The monoisotopic (exact) mass is 410 g/mol. The zero-order valence-corrected chi connectivity index (χ0v) is 15.7. The first-order chi connectivity index (χ1) is 14.3. The van der Waals surface area contributed by atoms with Crippen LogP contribution in [0.5, 0.6) is 0 Å². The van der Waals surface area contributed by atoms with Crippen LogP contribution in [0.4, 0.5) is 24.7 Å². The number of nitrogens with zero attached hydrogens (tertiary/aromatic N) is 4. The van der Waals surface area contributed by atoms with Gasteiger partial charge < -0.3 is 11.1 Å². The van der Waals surface area contributed by atoms with Gasteiger partial charge in [-0.2, -0.15) is 28.8 Å². The normalized spacial score (nSPS) is 11.0. The first kappa shape index (κ1) is 20.7. The minimum Gasteiger partial charge on any atom is -0.385 e. The smallest absolute Gasteiger partial charge is 0.385 e. The van der Waals surface area contributed by atoms with Crippen LogP contribution in [-0.4, -0.2) is 16.3 Å². The quantitative estimate of drug-likeness (QED) is 0.591. The SMILES string of the molecule is N#Cc1ccc(NCCCc2nn(-c3ccccc3)c(N)c2C#N)cc1C(F)(F)F. The largest absolute Gasteiger partial charge is 0.417 e. The molecule has 30 heavy (non-hydrogen) atoms. The van der Waals surface area contributed by atoms with E-state index in [4.69, 9.17) is 11.0 Å². The van der Waals surface area contributed by atoms with Crippen LogP contribution >= 0.6 is 0 Å². The molecule has 0 bridgehead atoms. The van der Waals surface area contributed by atoms with Crippen molar-refractivity contribution in [3.8, 4) is 17.8 Å². The van der Waals surface area contributed by atoms with E-state index in [9.17, 15) is 18.4 Å². The van der Waals surface area contributed by atoms with E-state index in [-0.39, 0.29) is 17.1 Å². The van der Waals surface area contributed by atoms with Crippen LogP contribution in [0.1, 0.15) is 28.8 Å². The molecular formula is C21H17F3N6. The van der Waals surface area contributed by atoms with Crippen LogP contribution in [0.25, 0.3) is 5.69 Å². The first-order valence-corrected chi connectivity index (χ1v) is 9.03. The van der Waals surface area contributed by atoms with Gasteiger partial charge in [-0.3, -0.25) is 0 Å². The number of rotatable bonds is 6. The van der Waals surface area contributed by atoms with Crippen molar-refractivity contribution in [1.82, 2.24) is 9.78 Å². The zero-order valence-electron chi connectivity index (χ0n) is 15.7. The lowest BCUT2D eigenvalue weighted by atomic mass is 10.1. The molecule has 0 aliphatic carbocycles. The molecule has 1 heterocycles. The van der Waals surface area contributed by atoms with Crippen molar-refractivity contribution in [2.75, 3.05) is 17.6 Å². The topological polar surface area (TPSA) is 103 Å². The Morgan fingerprint density at radius 3 is 2.43 bits per heavy atom. The average molecular weight is 410 g/mol. The van der Waals surface area contributed by atoms with Gasteiger partial charge in [0.2, 0.25) is 0 Å². The van der Waals surface area contributed by atoms with E-state index >= 15 is 0 Å². The second kappa shape index (κ2) is 8.58. The number of anilines is 2. The predicted octanol–water partition coefficient (Wildman–Crippen LogP) is 4.26. The van der Waals surface area contributed by atoms with Crippen LogP contribution < -0.4 is 11.1 Å². The molecule has 0 spiro atoms. The fourth-order valence-corrected chi connectivity index (χ4v) is 3.02. The number of nitrogen functional groups attached to an aromatic ring is 1. The Bertz CT molecular complexity index is 1120. The van der Waals surface area contributed by atoms with Gasteiger partial charge in [-0.1, -0.05) is 18.2 Å². The highest BCUT2D eigenvalue weighted by Crippen LogP contribution is 2.33. The van der Waals surface area contributed by atoms with Gasteiger partial charge in [0.05, 0.1) is 28.6 Å². The van der Waals surface area contributed by atoms with E-state index < -0.39 is 17.3 Å². The molecule has 0 unspecified atom stereocenters. The van der Waals surface area contributed by atoms with Gasteiger partial charge in [0.1, 0.15) is 17.5 Å². The molecule has 9 heteroatoms. The third-order valence-electron chi connectivity index (χ3n) is 4.47. The van der Waals surface area contributed by atoms with Crippen molar-refractivity contribution < 1.29 is 13.2 Å². The number of benzene rings is 2. The Labute approximate surface area is 171 Å². The summed E-state index contributed by atoms with van der Waals surface area (Å²) >= 11 is 0. The van der Waals surface area contributed by atoms with Crippen molar-refractivity contribution in [3.63, 3.8) is 0 Å². The Balaban J connectivity index is 1.68. The average Bonchev–Trinajstić information content (AvgIpc) is 3.06. The summed E-state index contributed by atoms with van der Waals surface area (Å²) in [6.07, 6.45) is -3.67. The molecule has 0 saturated carbocycles. The highest BCUT2D eigenvalue weighted by Gasteiger charge is 2.33. The lowest BCUT2D eigenvalue weighted by molar-refractivity contribution is -0.137. The summed E-state index contributed by atoms with van der Waals surface area (Å²) < 4.78 is 40.7. The Morgan fingerprint density at radius 2 is 1.80 bits per heavy atom. The number of alkyl halides is 3. The number of hydrogen-bond donors (Lipinski definition) is 2. The zero-order chi connectivity index (χ0) is 21.7. The molecule has 152 valence electrons. The van der Waals surface area contributed by atoms with E-state index in [1.165, 1.54) is 10.7 Å². The first-order valence-electron chi connectivity index (χ1n) is 9.03. The molecular weight excluding hydrogens is 393 g/mol. The van der Waals surface area contributed by atoms with Crippen molar-refractivity contribution in [2.45, 2.75) is 19.0 Å². The molecule has 0 amide bonds. The van der Waals surface area contributed by atoms with Gasteiger partial charge in [-0.15, -0.1) is 0 Å². The van der Waals surface area contributed by atoms with Crippen LogP contribution in [0.15, 0.2) is 48.5 Å². The molecule has 3 aromatic rings. The number of nitriles is 2. The summed E-state index contributed by atoms with van der Waals surface area (Å²) in [6.45, 7) is 0.353. The van der Waals surface area contributed by atoms with Crippen molar-refractivity contribution in [2.24, 2.45) is 0 Å². The lowest BCUT2D eigenvalue weighted by Gasteiger charge is -2.12. The highest BCUT2D eigenvalue weighted by atomic mass is 19.4. The fourth-order valence-electron chi connectivity index (χ4n) is 3.02. The molecule has 1 aromatic heterocycles. The third-order valence-corrected chi connectivity index (χ3v) is 4.47. The van der Waals surface area contributed by atoms with E-state index in [2.05, 4.69) is 16.5 Å². The van der Waals surface area contributed by atoms with Crippen LogP contribution in [0.3, 0.4) is 0 Å². The molecule has 2 aromatic carbocycles. The Morgan fingerprint density at radius 1 is 1.07 bits per heavy atom. The van der Waals surface area contributed by atoms with E-state index in [1.54, 1.807) is 6.07 Å². The highest BCUT2D eigenvalue weighted by molar-refractivity contribution is 5.56. The summed E-state index contributed by atoms with van der Waals surface area (Å²) in [4.78, 5) is 0. The summed E-state index contributed by atoms with van der Waals surface area (Å²) in [5.74, 6) is 0.244. The van der Waals surface area contributed by atoms with E-state index in [1.807, 2.05) is 30.3 Å². The molecule has 3 N–H and O–H groups in total. The van der Waals surface area contributed by atoms with Crippen molar-refractivity contribution in [3.05, 3.63) is 70.9 Å². The van der Waals surface area contributed by atoms with Gasteiger partial charge in [-0.05, 0) is 43.2 Å². The maximum atomic E-state index is 13.1. The molecule has 0 radical (unpaired) electrons. The van der Waals surface area contributed by atoms with Gasteiger partial charge in [0.25, 0.3) is 0 Å². The Hall–Kier alpha value is -3.98. The second-order valence-electron chi connectivity index (χ2n) is 6.47. The van der Waals surface area contributed by atoms with Gasteiger partial charge in [-0.25, -0.2) is 4.68 Å². The molecule has 0 saturated heterocycles. The standard InChI is InChI=1S/C21H17F3N6/c22-21(23,24)18-11-15(9-8-14(18)12-25)28-10-4-7-19-17(13-26)20(27)30(29-19)16-5-2-1-3-6-16/h1-3,5-6,8-9,11,28H,4,7,10,27H2. The van der Waals surface area contributed by atoms with Crippen LogP contribution in [0.2, 0.25) is 0 Å². The number of aromatic nitrogens is 2. The molecule has 0 aliphatic heterocycles. The molecule has 0 fully saturated rings. The second-order valence-corrected chi connectivity index (χ2v) is 6.47. The number of halogens is 3. The third kappa shape index (κ3) is 4.36. The molecule has 0 atom stereocenters. The maximum Gasteiger partial charge on any atom is 0.417 e. The molecule has 6 nitrogen and oxygen atoms in total. The fraction of sp³-hybridized carbons (Fsp3) is 0.190. The molecule has 0 aliphatic rings. The lowest BCUT2D eigenvalue weighted by Crippen LogP contribution is -2.10. The maximum absolute atomic E-state index is 13.1. The van der Waals surface area contributed by atoms with Gasteiger partial charge >= 0.3 is 6.18 Å². The number of aryl methyl sites for hydroxylation is 1. The minimum absolute atomic E-state index is 0.244. The van der Waals surface area contributed by atoms with Crippen molar-refractivity contribution in [1.29, 1.82) is 10.5 Å². The van der Waals surface area contributed by atoms with Gasteiger partial charge in [0, 0.05) is 12.2 Å². The predicted molar refractivity (Wildman–Crippen MR) is 106 cm³/mol. The molecule has 3 rings (SSSR count). The van der Waals surface area contributed by atoms with E-state index in [0.717, 1.165) is 17.8 Å². The summed E-state index contributed by atoms with van der Waals surface area (Å²) in [5.41, 5.74) is 6.46. The number of nitrogens with two attached hydrogens (primary N) is 1. The summed E-state index contributed by atoms with van der Waals surface area (Å²) in [5, 5.41) is 25.6.